The van der Waals surface area contributed by atoms with Gasteiger partial charge in [-0.2, -0.15) is 5.26 Å². The van der Waals surface area contributed by atoms with E-state index in [9.17, 15) is 15.2 Å². The van der Waals surface area contributed by atoms with Crippen LogP contribution in [-0.4, -0.2) is 23.6 Å². The summed E-state index contributed by atoms with van der Waals surface area (Å²) in [7, 11) is 0. The molecule has 0 saturated heterocycles. The van der Waals surface area contributed by atoms with Crippen LogP contribution in [0.2, 0.25) is 0 Å². The number of allylic oxidation sites excluding steroid dienone is 5. The number of ketones is 1. The number of aliphatic hydroxyl groups excluding tert-OH is 1. The molecule has 2 heterocycles. The Labute approximate surface area is 187 Å². The highest BCUT2D eigenvalue weighted by Gasteiger charge is 2.43. The number of nitrogens with zero attached hydrogens (tertiary/aromatic N) is 3. The molecule has 32 heavy (non-hydrogen) atoms. The number of carbonyl (C=O) groups excluding carboxylic acids is 1. The lowest BCUT2D eigenvalue weighted by Gasteiger charge is -2.29. The van der Waals surface area contributed by atoms with Gasteiger partial charge in [0.15, 0.2) is 0 Å². The maximum Gasteiger partial charge on any atom is 0.201 e. The number of carbonyl (C=O) groups is 1. The molecule has 2 aromatic carbocycles. The second kappa shape index (κ2) is 7.06. The lowest BCUT2D eigenvalue weighted by molar-refractivity contribution is -0.113. The maximum absolute atomic E-state index is 13.2. The smallest absolute Gasteiger partial charge is 0.201 e. The number of benzene rings is 2. The second-order valence-electron chi connectivity index (χ2n) is 8.81. The van der Waals surface area contributed by atoms with Gasteiger partial charge in [-0.25, -0.2) is 0 Å². The number of Topliss-reactive ketones (excluding diaryl/α,β-unsaturated/α-hetero) is 1. The highest BCUT2D eigenvalue weighted by Crippen LogP contribution is 2.50. The van der Waals surface area contributed by atoms with E-state index < -0.39 is 5.41 Å². The number of nitriles is 1. The Kier molecular flexibility index (Phi) is 4.42. The van der Waals surface area contributed by atoms with Crippen molar-refractivity contribution in [3.63, 3.8) is 0 Å². The Balaban J connectivity index is 1.62. The number of rotatable bonds is 3. The molecule has 2 aromatic rings. The lowest BCUT2D eigenvalue weighted by atomic mass is 9.78. The summed E-state index contributed by atoms with van der Waals surface area (Å²) in [6.07, 6.45) is 4.40. The van der Waals surface area contributed by atoms with Crippen LogP contribution in [-0.2, 0) is 10.2 Å². The summed E-state index contributed by atoms with van der Waals surface area (Å²) < 4.78 is 0. The van der Waals surface area contributed by atoms with E-state index in [1.54, 1.807) is 6.21 Å². The Morgan fingerprint density at radius 1 is 1.22 bits per heavy atom. The average Bonchev–Trinajstić information content (AvgIpc) is 3.29. The van der Waals surface area contributed by atoms with E-state index in [0.717, 1.165) is 41.2 Å². The Morgan fingerprint density at radius 3 is 2.72 bits per heavy atom. The quantitative estimate of drug-likeness (QED) is 0.663. The van der Waals surface area contributed by atoms with Crippen molar-refractivity contribution in [1.29, 1.82) is 5.26 Å². The van der Waals surface area contributed by atoms with Gasteiger partial charge in [0.2, 0.25) is 5.78 Å². The van der Waals surface area contributed by atoms with Crippen molar-refractivity contribution in [2.75, 3.05) is 11.4 Å². The van der Waals surface area contributed by atoms with Gasteiger partial charge in [-0.1, -0.05) is 39.0 Å². The molecule has 0 unspecified atom stereocenters. The van der Waals surface area contributed by atoms with E-state index >= 15 is 0 Å². The first-order chi connectivity index (χ1) is 15.4. The van der Waals surface area contributed by atoms with Gasteiger partial charge in [0.1, 0.15) is 5.76 Å². The number of aliphatic hydroxyl groups is 1. The molecule has 5 nitrogen and oxygen atoms in total. The van der Waals surface area contributed by atoms with Crippen LogP contribution in [0.1, 0.15) is 43.9 Å². The van der Waals surface area contributed by atoms with Crippen LogP contribution in [0.5, 0.6) is 0 Å². The predicted molar refractivity (Wildman–Crippen MR) is 126 cm³/mol. The van der Waals surface area contributed by atoms with Crippen LogP contribution >= 0.6 is 0 Å². The van der Waals surface area contributed by atoms with Gasteiger partial charge < -0.3 is 10.0 Å². The van der Waals surface area contributed by atoms with Crippen molar-refractivity contribution < 1.29 is 9.90 Å². The molecular formula is C27H23N3O2. The molecule has 0 amide bonds. The van der Waals surface area contributed by atoms with Crippen LogP contribution in [0, 0.1) is 11.3 Å². The summed E-state index contributed by atoms with van der Waals surface area (Å²) >= 11 is 0. The topological polar surface area (TPSA) is 76.7 Å². The summed E-state index contributed by atoms with van der Waals surface area (Å²) in [5.74, 6) is -0.157. The molecule has 0 spiro atoms. The summed E-state index contributed by atoms with van der Waals surface area (Å²) in [5, 5.41) is 20.3. The third-order valence-electron chi connectivity index (χ3n) is 6.51. The van der Waals surface area contributed by atoms with Crippen LogP contribution in [0.25, 0.3) is 5.57 Å². The number of aliphatic imine (C=N–C) groups is 1. The predicted octanol–water partition coefficient (Wildman–Crippen LogP) is 5.51. The molecule has 0 radical (unpaired) electrons. The molecule has 0 aromatic heterocycles. The average molecular weight is 422 g/mol. The highest BCUT2D eigenvalue weighted by atomic mass is 16.3. The third kappa shape index (κ3) is 2.69. The first-order valence-corrected chi connectivity index (χ1v) is 10.8. The standard InChI is InChI=1S/C27H23N3O2/c1-4-11-30-22-10-9-16(14-28)12-20(22)27(2,3)23(30)13-18-25(31)24(26(18)32)19-15-29-21-8-6-5-7-17(19)21/h5-10,12-13,15,31H,4,11H2,1-3H3. The monoisotopic (exact) mass is 421 g/mol. The molecule has 0 fully saturated rings. The van der Waals surface area contributed by atoms with Gasteiger partial charge in [-0.05, 0) is 42.3 Å². The van der Waals surface area contributed by atoms with Gasteiger partial charge in [-0.3, -0.25) is 9.79 Å². The van der Waals surface area contributed by atoms with Crippen molar-refractivity contribution >= 4 is 28.9 Å². The van der Waals surface area contributed by atoms with E-state index in [-0.39, 0.29) is 11.5 Å². The Hall–Kier alpha value is -3.91. The molecule has 0 saturated carbocycles. The van der Waals surface area contributed by atoms with E-state index in [2.05, 4.69) is 36.7 Å². The molecule has 3 aliphatic rings. The fourth-order valence-corrected chi connectivity index (χ4v) is 4.83. The van der Waals surface area contributed by atoms with E-state index in [0.29, 0.717) is 22.3 Å². The van der Waals surface area contributed by atoms with Crippen LogP contribution in [0.4, 0.5) is 11.4 Å². The van der Waals surface area contributed by atoms with Gasteiger partial charge in [-0.15, -0.1) is 0 Å². The van der Waals surface area contributed by atoms with Gasteiger partial charge in [0.05, 0.1) is 28.5 Å². The van der Waals surface area contributed by atoms with E-state index in [1.165, 1.54) is 0 Å². The van der Waals surface area contributed by atoms with Crippen molar-refractivity contribution in [3.8, 4) is 6.07 Å². The molecule has 0 atom stereocenters. The molecule has 5 heteroatoms. The maximum atomic E-state index is 13.2. The summed E-state index contributed by atoms with van der Waals surface area (Å²) in [6.45, 7) is 7.07. The number of fused-ring (bicyclic) bond motifs is 2. The first-order valence-electron chi connectivity index (χ1n) is 10.8. The summed E-state index contributed by atoms with van der Waals surface area (Å²) in [5.41, 5.74) is 6.24. The molecule has 158 valence electrons. The van der Waals surface area contributed by atoms with Crippen molar-refractivity contribution in [2.45, 2.75) is 32.6 Å². The number of anilines is 1. The molecule has 5 rings (SSSR count). The Bertz CT molecular complexity index is 1350. The third-order valence-corrected chi connectivity index (χ3v) is 6.51. The van der Waals surface area contributed by atoms with Crippen molar-refractivity contribution in [2.24, 2.45) is 4.99 Å². The van der Waals surface area contributed by atoms with Gasteiger partial charge in [0.25, 0.3) is 0 Å². The lowest BCUT2D eigenvalue weighted by Crippen LogP contribution is -2.29. The number of hydrogen-bond acceptors (Lipinski definition) is 5. The zero-order valence-electron chi connectivity index (χ0n) is 18.3. The van der Waals surface area contributed by atoms with Crippen molar-refractivity contribution in [3.05, 3.63) is 87.8 Å². The van der Waals surface area contributed by atoms with Gasteiger partial charge in [0, 0.05) is 40.7 Å². The summed E-state index contributed by atoms with van der Waals surface area (Å²) in [4.78, 5) is 19.7. The molecule has 1 N–H and O–H groups in total. The number of para-hydroxylation sites is 1. The minimum absolute atomic E-state index is 0.0153. The van der Waals surface area contributed by atoms with Crippen LogP contribution in [0.3, 0.4) is 0 Å². The van der Waals surface area contributed by atoms with Gasteiger partial charge >= 0.3 is 0 Å². The van der Waals surface area contributed by atoms with Crippen LogP contribution < -0.4 is 4.90 Å². The molecule has 0 bridgehead atoms. The summed E-state index contributed by atoms with van der Waals surface area (Å²) in [6, 6.07) is 15.5. The second-order valence-corrected chi connectivity index (χ2v) is 8.81. The molecule has 1 aliphatic carbocycles. The fourth-order valence-electron chi connectivity index (χ4n) is 4.83. The van der Waals surface area contributed by atoms with E-state index in [1.807, 2.05) is 48.5 Å². The first kappa shape index (κ1) is 20.0. The minimum Gasteiger partial charge on any atom is -0.506 e. The highest BCUT2D eigenvalue weighted by molar-refractivity contribution is 6.33. The fraction of sp³-hybridized carbons (Fsp3) is 0.222. The molecule has 2 aliphatic heterocycles. The van der Waals surface area contributed by atoms with Crippen molar-refractivity contribution in [1.82, 2.24) is 0 Å². The largest absolute Gasteiger partial charge is 0.506 e. The zero-order chi connectivity index (χ0) is 22.6. The van der Waals surface area contributed by atoms with E-state index in [4.69, 9.17) is 0 Å². The SMILES string of the molecule is CCCN1C(=CC2=C(O)C(=C3C=Nc4ccccc43)C2=O)C(C)(C)c2cc(C#N)ccc21. The Morgan fingerprint density at radius 2 is 2.00 bits per heavy atom. The normalized spacial score (nSPS) is 21.6. The minimum atomic E-state index is -0.408. The number of hydrogen-bond donors (Lipinski definition) is 1. The zero-order valence-corrected chi connectivity index (χ0v) is 18.3. The van der Waals surface area contributed by atoms with Crippen LogP contribution in [0.15, 0.2) is 76.1 Å². The molecular weight excluding hydrogens is 398 g/mol.